The Morgan fingerprint density at radius 1 is 1.07 bits per heavy atom. The van der Waals surface area contributed by atoms with E-state index in [2.05, 4.69) is 5.32 Å². The van der Waals surface area contributed by atoms with E-state index in [1.807, 2.05) is 6.07 Å². The quantitative estimate of drug-likeness (QED) is 0.684. The molecule has 0 saturated heterocycles. The summed E-state index contributed by atoms with van der Waals surface area (Å²) in [4.78, 5) is 27.2. The predicted molar refractivity (Wildman–Crippen MR) is 113 cm³/mol. The zero-order chi connectivity index (χ0) is 21.6. The molecule has 0 heterocycles. The molecule has 0 bridgehead atoms. The van der Waals surface area contributed by atoms with Crippen LogP contribution in [0, 0.1) is 0 Å². The molecule has 0 aromatic heterocycles. The summed E-state index contributed by atoms with van der Waals surface area (Å²) in [5, 5.41) is 3.14. The Bertz CT molecular complexity index is 949. The lowest BCUT2D eigenvalue weighted by Crippen LogP contribution is -2.46. The third-order valence-corrected chi connectivity index (χ3v) is 5.95. The van der Waals surface area contributed by atoms with E-state index >= 15 is 0 Å². The van der Waals surface area contributed by atoms with Crippen molar-refractivity contribution in [3.05, 3.63) is 70.7 Å². The highest BCUT2D eigenvalue weighted by Gasteiger charge is 2.32. The Morgan fingerprint density at radius 3 is 2.17 bits per heavy atom. The van der Waals surface area contributed by atoms with Crippen LogP contribution in [0.3, 0.4) is 0 Å². The Balaban J connectivity index is 2.46. The average Bonchev–Trinajstić information content (AvgIpc) is 2.68. The largest absolute Gasteiger partial charge is 0.357 e. The second kappa shape index (κ2) is 9.87. The number of nitrogens with zero attached hydrogens (tertiary/aromatic N) is 2. The lowest BCUT2D eigenvalue weighted by atomic mass is 10.0. The van der Waals surface area contributed by atoms with Crippen LogP contribution < -0.4 is 5.32 Å². The smallest absolute Gasteiger partial charge is 0.247 e. The molecule has 2 amide bonds. The van der Waals surface area contributed by atoms with Crippen molar-refractivity contribution < 1.29 is 18.0 Å². The van der Waals surface area contributed by atoms with E-state index in [0.29, 0.717) is 10.6 Å². The monoisotopic (exact) mass is 437 g/mol. The summed E-state index contributed by atoms with van der Waals surface area (Å²) in [5.74, 6) is -0.870. The molecule has 9 heteroatoms. The maximum atomic E-state index is 13.1. The number of nitrogens with one attached hydrogen (secondary N) is 1. The molecule has 0 radical (unpaired) electrons. The van der Waals surface area contributed by atoms with Crippen molar-refractivity contribution >= 4 is 33.4 Å². The molecule has 2 rings (SSSR count). The third kappa shape index (κ3) is 6.28. The van der Waals surface area contributed by atoms with Crippen molar-refractivity contribution in [3.8, 4) is 0 Å². The maximum absolute atomic E-state index is 13.1. The summed E-state index contributed by atoms with van der Waals surface area (Å²) >= 11 is 5.94. The molecule has 29 heavy (non-hydrogen) atoms. The van der Waals surface area contributed by atoms with Gasteiger partial charge in [0.05, 0.1) is 12.8 Å². The van der Waals surface area contributed by atoms with Gasteiger partial charge in [-0.05, 0) is 23.3 Å². The van der Waals surface area contributed by atoms with Crippen molar-refractivity contribution in [3.63, 3.8) is 0 Å². The van der Waals surface area contributed by atoms with Gasteiger partial charge in [0, 0.05) is 25.7 Å². The van der Waals surface area contributed by atoms with Crippen LogP contribution in [0.5, 0.6) is 0 Å². The van der Waals surface area contributed by atoms with Gasteiger partial charge >= 0.3 is 0 Å². The zero-order valence-electron chi connectivity index (χ0n) is 16.5. The molecular formula is C20H24ClN3O4S. The highest BCUT2D eigenvalue weighted by molar-refractivity contribution is 7.88. The first kappa shape index (κ1) is 22.9. The fraction of sp³-hybridized carbons (Fsp3) is 0.300. The van der Waals surface area contributed by atoms with Gasteiger partial charge in [-0.3, -0.25) is 9.59 Å². The van der Waals surface area contributed by atoms with Crippen molar-refractivity contribution in [2.45, 2.75) is 12.6 Å². The van der Waals surface area contributed by atoms with E-state index in [0.717, 1.165) is 16.1 Å². The highest BCUT2D eigenvalue weighted by atomic mass is 35.5. The van der Waals surface area contributed by atoms with Crippen LogP contribution in [0.4, 0.5) is 0 Å². The SMILES string of the molecule is CNC(=O)C(c1ccccc1)N(Cc1ccc(Cl)cc1)C(=O)CN(C)S(C)(=O)=O. The minimum absolute atomic E-state index is 0.112. The zero-order valence-corrected chi connectivity index (χ0v) is 18.1. The summed E-state index contributed by atoms with van der Waals surface area (Å²) in [5.41, 5.74) is 1.38. The molecule has 7 nitrogen and oxygen atoms in total. The fourth-order valence-electron chi connectivity index (χ4n) is 2.75. The van der Waals surface area contributed by atoms with Gasteiger partial charge < -0.3 is 10.2 Å². The molecule has 0 fully saturated rings. The van der Waals surface area contributed by atoms with Crippen LogP contribution in [-0.4, -0.2) is 56.3 Å². The number of hydrogen-bond donors (Lipinski definition) is 1. The molecule has 1 unspecified atom stereocenters. The first-order valence-corrected chi connectivity index (χ1v) is 11.1. The van der Waals surface area contributed by atoms with E-state index < -0.39 is 22.0 Å². The molecular weight excluding hydrogens is 414 g/mol. The van der Waals surface area contributed by atoms with E-state index in [1.54, 1.807) is 48.5 Å². The number of likely N-dealkylation sites (N-methyl/N-ethyl adjacent to an activating group) is 2. The number of carbonyl (C=O) groups excluding carboxylic acids is 2. The molecule has 0 aliphatic carbocycles. The minimum Gasteiger partial charge on any atom is -0.357 e. The number of rotatable bonds is 8. The van der Waals surface area contributed by atoms with E-state index in [9.17, 15) is 18.0 Å². The maximum Gasteiger partial charge on any atom is 0.247 e. The molecule has 0 spiro atoms. The minimum atomic E-state index is -3.56. The molecule has 2 aromatic rings. The van der Waals surface area contributed by atoms with Gasteiger partial charge in [-0.15, -0.1) is 0 Å². The van der Waals surface area contributed by atoms with Crippen LogP contribution in [-0.2, 0) is 26.2 Å². The summed E-state index contributed by atoms with van der Waals surface area (Å²) in [7, 11) is -0.742. The van der Waals surface area contributed by atoms with Crippen molar-refractivity contribution in [1.29, 1.82) is 0 Å². The predicted octanol–water partition coefficient (Wildman–Crippen LogP) is 2.05. The van der Waals surface area contributed by atoms with Crippen LogP contribution in [0.1, 0.15) is 17.2 Å². The molecule has 2 aromatic carbocycles. The topological polar surface area (TPSA) is 86.8 Å². The van der Waals surface area contributed by atoms with Gasteiger partial charge in [0.2, 0.25) is 21.8 Å². The van der Waals surface area contributed by atoms with Gasteiger partial charge in [0.25, 0.3) is 0 Å². The number of benzene rings is 2. The number of amides is 2. The third-order valence-electron chi connectivity index (χ3n) is 4.43. The van der Waals surface area contributed by atoms with E-state index in [-0.39, 0.29) is 19.0 Å². The van der Waals surface area contributed by atoms with E-state index in [4.69, 9.17) is 11.6 Å². The number of halogens is 1. The second-order valence-corrected chi connectivity index (χ2v) is 9.12. The Morgan fingerprint density at radius 2 is 1.66 bits per heavy atom. The lowest BCUT2D eigenvalue weighted by molar-refractivity contribution is -0.141. The average molecular weight is 438 g/mol. The van der Waals surface area contributed by atoms with Gasteiger partial charge in [-0.25, -0.2) is 8.42 Å². The standard InChI is InChI=1S/C20H24ClN3O4S/c1-22-20(26)19(16-7-5-4-6-8-16)24(13-15-9-11-17(21)12-10-15)18(25)14-23(2)29(3,27)28/h4-12,19H,13-14H2,1-3H3,(H,22,26). The van der Waals surface area contributed by atoms with Crippen molar-refractivity contribution in [1.82, 2.24) is 14.5 Å². The molecule has 0 aliphatic heterocycles. The van der Waals surface area contributed by atoms with E-state index in [1.165, 1.54) is 19.0 Å². The van der Waals surface area contributed by atoms with Crippen LogP contribution in [0.15, 0.2) is 54.6 Å². The first-order chi connectivity index (χ1) is 13.6. The van der Waals surface area contributed by atoms with Gasteiger partial charge in [0.15, 0.2) is 0 Å². The second-order valence-electron chi connectivity index (χ2n) is 6.59. The summed E-state index contributed by atoms with van der Waals surface area (Å²) in [6.45, 7) is -0.270. The van der Waals surface area contributed by atoms with Crippen molar-refractivity contribution in [2.75, 3.05) is 26.9 Å². The van der Waals surface area contributed by atoms with Crippen molar-refractivity contribution in [2.24, 2.45) is 0 Å². The Kier molecular flexibility index (Phi) is 7.78. The van der Waals surface area contributed by atoms with Crippen LogP contribution >= 0.6 is 11.6 Å². The molecule has 0 aliphatic rings. The fourth-order valence-corrected chi connectivity index (χ4v) is 3.22. The van der Waals surface area contributed by atoms with Crippen LogP contribution in [0.2, 0.25) is 5.02 Å². The molecule has 1 atom stereocenters. The number of sulfonamides is 1. The van der Waals surface area contributed by atoms with Gasteiger partial charge in [-0.1, -0.05) is 54.1 Å². The first-order valence-electron chi connectivity index (χ1n) is 8.85. The molecule has 1 N–H and O–H groups in total. The molecule has 0 saturated carbocycles. The lowest BCUT2D eigenvalue weighted by Gasteiger charge is -2.32. The van der Waals surface area contributed by atoms with Gasteiger partial charge in [0.1, 0.15) is 6.04 Å². The summed E-state index contributed by atoms with van der Waals surface area (Å²) in [6.07, 6.45) is 1.03. The Hall–Kier alpha value is -2.42. The van der Waals surface area contributed by atoms with Gasteiger partial charge in [-0.2, -0.15) is 4.31 Å². The van der Waals surface area contributed by atoms with Crippen LogP contribution in [0.25, 0.3) is 0 Å². The summed E-state index contributed by atoms with van der Waals surface area (Å²) in [6, 6.07) is 14.9. The Labute approximate surface area is 176 Å². The highest BCUT2D eigenvalue weighted by Crippen LogP contribution is 2.24. The molecule has 156 valence electrons. The summed E-state index contributed by atoms with van der Waals surface area (Å²) < 4.78 is 24.5. The normalized spacial score (nSPS) is 12.4. The number of hydrogen-bond acceptors (Lipinski definition) is 4. The number of carbonyl (C=O) groups is 2.